The number of hydrogen-bond donors (Lipinski definition) is 2. The summed E-state index contributed by atoms with van der Waals surface area (Å²) in [7, 11) is 3.17. The molecule has 0 heterocycles. The molecule has 0 aliphatic heterocycles. The minimum Gasteiger partial charge on any atom is -0.493 e. The van der Waals surface area contributed by atoms with Crippen LogP contribution in [0.3, 0.4) is 0 Å². The molecule has 3 amide bonds. The fourth-order valence-electron chi connectivity index (χ4n) is 5.72. The Morgan fingerprint density at radius 2 is 1.58 bits per heavy atom. The molecule has 0 saturated heterocycles. The Morgan fingerprint density at radius 3 is 2.25 bits per heavy atom. The van der Waals surface area contributed by atoms with Crippen molar-refractivity contribution < 1.29 is 23.8 Å². The lowest BCUT2D eigenvalue weighted by atomic mass is 9.94. The lowest BCUT2D eigenvalue weighted by molar-refractivity contribution is -0.121. The molecule has 3 aromatic carbocycles. The van der Waals surface area contributed by atoms with Crippen molar-refractivity contribution in [2.24, 2.45) is 17.8 Å². The summed E-state index contributed by atoms with van der Waals surface area (Å²) in [6.45, 7) is 0. The largest absolute Gasteiger partial charge is 0.493 e. The summed E-state index contributed by atoms with van der Waals surface area (Å²) < 4.78 is 16.9. The van der Waals surface area contributed by atoms with Crippen LogP contribution >= 0.6 is 11.6 Å². The number of urea groups is 1. The highest BCUT2D eigenvalue weighted by molar-refractivity contribution is 6.32. The summed E-state index contributed by atoms with van der Waals surface area (Å²) in [6.07, 6.45) is 5.26. The first kappa shape index (κ1) is 24.3. The van der Waals surface area contributed by atoms with Crippen LogP contribution in [-0.4, -0.2) is 26.2 Å². The van der Waals surface area contributed by atoms with Gasteiger partial charge in [0.2, 0.25) is 5.91 Å². The quantitative estimate of drug-likeness (QED) is 0.367. The Balaban J connectivity index is 1.24. The summed E-state index contributed by atoms with van der Waals surface area (Å²) in [5, 5.41) is 7.21. The van der Waals surface area contributed by atoms with Gasteiger partial charge in [-0.25, -0.2) is 4.79 Å². The number of carbonyl (C=O) groups is 2. The number of hydrogen-bond acceptors (Lipinski definition) is 5. The zero-order chi connectivity index (χ0) is 25.2. The lowest BCUT2D eigenvalue weighted by Crippen LogP contribution is -2.35. The normalized spacial score (nSPS) is 20.2. The molecule has 2 aliphatic rings. The maximum atomic E-state index is 12.4. The summed E-state index contributed by atoms with van der Waals surface area (Å²) in [4.78, 5) is 24.8. The summed E-state index contributed by atoms with van der Waals surface area (Å²) in [5.41, 5.74) is 0.461. The Kier molecular flexibility index (Phi) is 6.92. The molecule has 8 heteroatoms. The van der Waals surface area contributed by atoms with E-state index in [0.29, 0.717) is 57.9 Å². The van der Waals surface area contributed by atoms with Gasteiger partial charge in [-0.15, -0.1) is 0 Å². The van der Waals surface area contributed by atoms with Gasteiger partial charge in [0.05, 0.1) is 19.2 Å². The molecule has 2 bridgehead atoms. The molecule has 36 heavy (non-hydrogen) atoms. The van der Waals surface area contributed by atoms with E-state index in [1.807, 2.05) is 30.3 Å². The average molecular weight is 509 g/mol. The molecule has 0 aromatic heterocycles. The van der Waals surface area contributed by atoms with E-state index in [4.69, 9.17) is 25.8 Å². The monoisotopic (exact) mass is 508 g/mol. The molecule has 0 spiro atoms. The third kappa shape index (κ3) is 4.93. The van der Waals surface area contributed by atoms with Crippen LogP contribution in [0.5, 0.6) is 23.0 Å². The van der Waals surface area contributed by atoms with Gasteiger partial charge in [0.1, 0.15) is 11.5 Å². The molecule has 0 unspecified atom stereocenters. The van der Waals surface area contributed by atoms with E-state index in [0.717, 1.165) is 10.8 Å². The molecular formula is C28H29ClN2O5. The van der Waals surface area contributed by atoms with Gasteiger partial charge >= 0.3 is 6.03 Å². The molecule has 7 nitrogen and oxygen atoms in total. The molecule has 188 valence electrons. The number of halogens is 1. The van der Waals surface area contributed by atoms with Crippen molar-refractivity contribution in [3.8, 4) is 23.0 Å². The number of ether oxygens (including phenoxy) is 3. The maximum absolute atomic E-state index is 12.4. The third-order valence-electron chi connectivity index (χ3n) is 7.46. The minimum absolute atomic E-state index is 0.231. The number of amides is 3. The van der Waals surface area contributed by atoms with Crippen LogP contribution < -0.4 is 24.8 Å². The van der Waals surface area contributed by atoms with Crippen molar-refractivity contribution in [1.29, 1.82) is 0 Å². The van der Waals surface area contributed by atoms with Gasteiger partial charge in [0.15, 0.2) is 11.5 Å². The van der Waals surface area contributed by atoms with E-state index in [1.54, 1.807) is 32.4 Å². The van der Waals surface area contributed by atoms with E-state index in [2.05, 4.69) is 10.6 Å². The van der Waals surface area contributed by atoms with Gasteiger partial charge in [-0.05, 0) is 85.2 Å². The molecule has 2 N–H and O–H groups in total. The first-order chi connectivity index (χ1) is 17.4. The van der Waals surface area contributed by atoms with Crippen LogP contribution in [0.25, 0.3) is 10.8 Å². The van der Waals surface area contributed by atoms with E-state index < -0.39 is 6.03 Å². The van der Waals surface area contributed by atoms with Crippen molar-refractivity contribution >= 4 is 40.0 Å². The minimum atomic E-state index is -0.565. The van der Waals surface area contributed by atoms with Crippen LogP contribution in [0.4, 0.5) is 10.5 Å². The molecule has 0 atom stereocenters. The predicted molar refractivity (Wildman–Crippen MR) is 139 cm³/mol. The number of fused-ring (bicyclic) bond motifs is 3. The summed E-state index contributed by atoms with van der Waals surface area (Å²) in [5.74, 6) is 3.71. The van der Waals surface area contributed by atoms with Crippen molar-refractivity contribution in [3.05, 3.63) is 53.6 Å². The molecule has 2 fully saturated rings. The fraction of sp³-hybridized carbons (Fsp3) is 0.357. The number of carbonyl (C=O) groups excluding carboxylic acids is 2. The van der Waals surface area contributed by atoms with Gasteiger partial charge in [-0.1, -0.05) is 23.7 Å². The van der Waals surface area contributed by atoms with Gasteiger partial charge in [-0.3, -0.25) is 10.1 Å². The predicted octanol–water partition coefficient (Wildman–Crippen LogP) is 6.78. The Hall–Kier alpha value is -3.45. The van der Waals surface area contributed by atoms with Crippen LogP contribution in [-0.2, 0) is 4.79 Å². The first-order valence-corrected chi connectivity index (χ1v) is 12.6. The number of methoxy groups -OCH3 is 2. The maximum Gasteiger partial charge on any atom is 0.325 e. The van der Waals surface area contributed by atoms with Crippen LogP contribution in [0.2, 0.25) is 5.02 Å². The number of anilines is 1. The highest BCUT2D eigenvalue weighted by Gasteiger charge is 2.42. The highest BCUT2D eigenvalue weighted by Crippen LogP contribution is 2.50. The second kappa shape index (κ2) is 10.3. The Bertz CT molecular complexity index is 1290. The molecule has 2 saturated carbocycles. The Morgan fingerprint density at radius 1 is 0.889 bits per heavy atom. The number of benzene rings is 3. The second-order valence-corrected chi connectivity index (χ2v) is 9.88. The zero-order valence-electron chi connectivity index (χ0n) is 20.3. The van der Waals surface area contributed by atoms with Crippen LogP contribution in [0.1, 0.15) is 32.1 Å². The third-order valence-corrected chi connectivity index (χ3v) is 7.75. The molecular weight excluding hydrogens is 480 g/mol. The second-order valence-electron chi connectivity index (χ2n) is 9.48. The van der Waals surface area contributed by atoms with Gasteiger partial charge in [0, 0.05) is 17.5 Å². The highest BCUT2D eigenvalue weighted by atomic mass is 35.5. The van der Waals surface area contributed by atoms with E-state index in [1.165, 1.54) is 25.7 Å². The summed E-state index contributed by atoms with van der Waals surface area (Å²) in [6, 6.07) is 13.8. The zero-order valence-corrected chi connectivity index (χ0v) is 21.1. The topological polar surface area (TPSA) is 85.9 Å². The molecule has 3 aromatic rings. The fourth-order valence-corrected chi connectivity index (χ4v) is 5.94. The van der Waals surface area contributed by atoms with Crippen molar-refractivity contribution in [1.82, 2.24) is 5.32 Å². The summed E-state index contributed by atoms with van der Waals surface area (Å²) >= 11 is 6.47. The number of rotatable bonds is 7. The van der Waals surface area contributed by atoms with Crippen molar-refractivity contribution in [2.75, 3.05) is 19.5 Å². The van der Waals surface area contributed by atoms with E-state index >= 15 is 0 Å². The van der Waals surface area contributed by atoms with Gasteiger partial charge in [-0.2, -0.15) is 0 Å². The molecule has 2 aliphatic carbocycles. The Labute approximate surface area is 215 Å². The molecule has 0 radical (unpaired) electrons. The van der Waals surface area contributed by atoms with Crippen LogP contribution in [0, 0.1) is 17.8 Å². The average Bonchev–Trinajstić information content (AvgIpc) is 3.43. The number of nitrogens with one attached hydrogen (secondary N) is 2. The first-order valence-electron chi connectivity index (χ1n) is 12.2. The van der Waals surface area contributed by atoms with Gasteiger partial charge in [0.25, 0.3) is 0 Å². The van der Waals surface area contributed by atoms with Crippen molar-refractivity contribution in [2.45, 2.75) is 32.1 Å². The molecule has 5 rings (SSSR count). The van der Waals surface area contributed by atoms with Crippen LogP contribution in [0.15, 0.2) is 48.5 Å². The number of imide groups is 1. The smallest absolute Gasteiger partial charge is 0.325 e. The van der Waals surface area contributed by atoms with E-state index in [9.17, 15) is 9.59 Å². The van der Waals surface area contributed by atoms with E-state index in [-0.39, 0.29) is 5.91 Å². The lowest BCUT2D eigenvalue weighted by Gasteiger charge is -2.15. The SMILES string of the molecule is COc1cc2cccc(Oc3ccc(NC(=O)NC(=O)CC4C5CCC4CC5)cc3Cl)c2cc1OC. The van der Waals surface area contributed by atoms with Crippen molar-refractivity contribution in [3.63, 3.8) is 0 Å². The standard InChI is InChI=1S/C28H29ClN2O5/c1-34-25-12-18-4-3-5-23(21(18)14-26(25)35-2)36-24-11-10-19(13-22(24)29)30-28(33)31-27(32)15-20-16-6-7-17(20)9-8-16/h3-5,10-14,16-17,20H,6-9,15H2,1-2H3,(H2,30,31,32,33). The van der Waals surface area contributed by atoms with Gasteiger partial charge < -0.3 is 19.5 Å².